The summed E-state index contributed by atoms with van der Waals surface area (Å²) in [6.07, 6.45) is 6.54. The maximum Gasteiger partial charge on any atom is 0.309 e. The first-order chi connectivity index (χ1) is 5.34. The third-order valence-electron chi connectivity index (χ3n) is 2.01. The van der Waals surface area contributed by atoms with Gasteiger partial charge in [-0.3, -0.25) is 4.79 Å². The van der Waals surface area contributed by atoms with Gasteiger partial charge in [-0.15, -0.1) is 0 Å². The molecule has 1 fully saturated rings. The topological polar surface area (TPSA) is 26.3 Å². The lowest BCUT2D eigenvalue weighted by Gasteiger charge is -2.18. The van der Waals surface area contributed by atoms with Gasteiger partial charge in [-0.25, -0.2) is 0 Å². The highest BCUT2D eigenvalue weighted by Gasteiger charge is 2.21. The minimum Gasteiger partial charge on any atom is -0.466 e. The van der Waals surface area contributed by atoms with Gasteiger partial charge in [0.2, 0.25) is 0 Å². The van der Waals surface area contributed by atoms with E-state index < -0.39 is 0 Å². The van der Waals surface area contributed by atoms with Crippen LogP contribution >= 0.6 is 0 Å². The molecule has 0 aromatic carbocycles. The Hall–Kier alpha value is -0.530. The maximum atomic E-state index is 11.1. The Labute approximate surface area is 67.9 Å². The molecule has 0 aliphatic heterocycles. The van der Waals surface area contributed by atoms with E-state index in [0.717, 1.165) is 12.8 Å². The zero-order valence-corrected chi connectivity index (χ0v) is 7.01. The van der Waals surface area contributed by atoms with Crippen LogP contribution in [0.4, 0.5) is 0 Å². The molecule has 0 aromatic heterocycles. The van der Waals surface area contributed by atoms with Crippen LogP contribution in [0.2, 0.25) is 0 Å². The van der Waals surface area contributed by atoms with Crippen LogP contribution in [0.1, 0.15) is 32.6 Å². The molecule has 2 heteroatoms. The van der Waals surface area contributed by atoms with E-state index in [0.29, 0.717) is 6.61 Å². The summed E-state index contributed by atoms with van der Waals surface area (Å²) in [7, 11) is 0. The van der Waals surface area contributed by atoms with Gasteiger partial charge in [0.05, 0.1) is 12.5 Å². The van der Waals surface area contributed by atoms with Crippen LogP contribution in [0.5, 0.6) is 0 Å². The molecule has 2 nitrogen and oxygen atoms in total. The smallest absolute Gasteiger partial charge is 0.309 e. The lowest BCUT2D eigenvalue weighted by atomic mass is 9.89. The summed E-state index contributed by atoms with van der Waals surface area (Å²) < 4.78 is 4.91. The van der Waals surface area contributed by atoms with Crippen LogP contribution < -0.4 is 0 Å². The number of carbonyl (C=O) groups excluding carboxylic acids is 1. The van der Waals surface area contributed by atoms with Crippen molar-refractivity contribution in [2.75, 3.05) is 6.61 Å². The minimum atomic E-state index is -0.0350. The van der Waals surface area contributed by atoms with E-state index in [1.807, 2.05) is 6.92 Å². The van der Waals surface area contributed by atoms with Gasteiger partial charge in [-0.2, -0.15) is 0 Å². The highest BCUT2D eigenvalue weighted by Crippen LogP contribution is 2.23. The van der Waals surface area contributed by atoms with E-state index >= 15 is 0 Å². The van der Waals surface area contributed by atoms with Crippen LogP contribution in [0.15, 0.2) is 0 Å². The van der Waals surface area contributed by atoms with Crippen LogP contribution in [0.25, 0.3) is 0 Å². The Morgan fingerprint density at radius 3 is 3.00 bits per heavy atom. The normalized spacial score (nSPS) is 19.7. The Bertz CT molecular complexity index is 126. The Kier molecular flexibility index (Phi) is 3.40. The Morgan fingerprint density at radius 2 is 2.45 bits per heavy atom. The first-order valence-electron chi connectivity index (χ1n) is 4.34. The lowest BCUT2D eigenvalue weighted by molar-refractivity contribution is -0.147. The van der Waals surface area contributed by atoms with Crippen molar-refractivity contribution in [1.29, 1.82) is 0 Å². The molecule has 11 heavy (non-hydrogen) atoms. The number of hydrogen-bond donors (Lipinski definition) is 0. The minimum absolute atomic E-state index is 0.0350. The predicted octanol–water partition coefficient (Wildman–Crippen LogP) is 1.94. The van der Waals surface area contributed by atoms with E-state index in [4.69, 9.17) is 4.74 Å². The van der Waals surface area contributed by atoms with Gasteiger partial charge < -0.3 is 4.74 Å². The van der Waals surface area contributed by atoms with Crippen LogP contribution in [0, 0.1) is 12.3 Å². The van der Waals surface area contributed by atoms with Gasteiger partial charge in [-0.1, -0.05) is 12.8 Å². The van der Waals surface area contributed by atoms with Crippen molar-refractivity contribution in [2.45, 2.75) is 32.6 Å². The summed E-state index contributed by atoms with van der Waals surface area (Å²) in [5.41, 5.74) is 0. The monoisotopic (exact) mass is 155 g/mol. The molecule has 63 valence electrons. The molecule has 0 N–H and O–H groups in total. The highest BCUT2D eigenvalue weighted by molar-refractivity contribution is 5.73. The van der Waals surface area contributed by atoms with Crippen LogP contribution in [0.3, 0.4) is 0 Å². The van der Waals surface area contributed by atoms with Gasteiger partial charge in [0.25, 0.3) is 0 Å². The van der Waals surface area contributed by atoms with Crippen molar-refractivity contribution >= 4 is 5.97 Å². The van der Waals surface area contributed by atoms with E-state index in [9.17, 15) is 4.79 Å². The molecule has 0 unspecified atom stereocenters. The average molecular weight is 155 g/mol. The number of hydrogen-bond acceptors (Lipinski definition) is 2. The lowest BCUT2D eigenvalue weighted by Crippen LogP contribution is -2.20. The van der Waals surface area contributed by atoms with Crippen LogP contribution in [-0.2, 0) is 9.53 Å². The fraction of sp³-hybridized carbons (Fsp3) is 0.778. The SMILES string of the molecule is CCOC(=O)[C@@H]1[CH]CCCC1. The number of esters is 1. The molecule has 1 atom stereocenters. The molecule has 1 aliphatic carbocycles. The van der Waals surface area contributed by atoms with Crippen molar-refractivity contribution in [1.82, 2.24) is 0 Å². The first-order valence-corrected chi connectivity index (χ1v) is 4.34. The molecule has 1 rings (SSSR count). The third kappa shape index (κ3) is 2.52. The zero-order valence-electron chi connectivity index (χ0n) is 7.01. The summed E-state index contributed by atoms with van der Waals surface area (Å²) >= 11 is 0. The molecule has 0 heterocycles. The highest BCUT2D eigenvalue weighted by atomic mass is 16.5. The number of ether oxygens (including phenoxy) is 1. The van der Waals surface area contributed by atoms with Crippen molar-refractivity contribution < 1.29 is 9.53 Å². The number of carbonyl (C=O) groups is 1. The zero-order chi connectivity index (χ0) is 8.10. The first kappa shape index (κ1) is 8.57. The van der Waals surface area contributed by atoms with Gasteiger partial charge in [-0.05, 0) is 26.2 Å². The van der Waals surface area contributed by atoms with Crippen LogP contribution in [-0.4, -0.2) is 12.6 Å². The summed E-state index contributed by atoms with van der Waals surface area (Å²) in [5.74, 6) is 0.0518. The molecule has 1 saturated carbocycles. The molecule has 0 saturated heterocycles. The van der Waals surface area contributed by atoms with Crippen molar-refractivity contribution in [3.63, 3.8) is 0 Å². The summed E-state index contributed by atoms with van der Waals surface area (Å²) in [5, 5.41) is 0. The quantitative estimate of drug-likeness (QED) is 0.570. The second kappa shape index (κ2) is 4.37. The third-order valence-corrected chi connectivity index (χ3v) is 2.01. The summed E-state index contributed by atoms with van der Waals surface area (Å²) in [4.78, 5) is 11.1. The summed E-state index contributed by atoms with van der Waals surface area (Å²) in [6, 6.07) is 0. The van der Waals surface area contributed by atoms with E-state index in [2.05, 4.69) is 6.42 Å². The predicted molar refractivity (Wildman–Crippen MR) is 42.9 cm³/mol. The molecule has 0 bridgehead atoms. The Morgan fingerprint density at radius 1 is 1.64 bits per heavy atom. The molecule has 1 radical (unpaired) electrons. The van der Waals surface area contributed by atoms with Gasteiger partial charge >= 0.3 is 5.97 Å². The maximum absolute atomic E-state index is 11.1. The molecule has 0 amide bonds. The van der Waals surface area contributed by atoms with Crippen molar-refractivity contribution in [2.24, 2.45) is 5.92 Å². The molecule has 0 spiro atoms. The largest absolute Gasteiger partial charge is 0.466 e. The van der Waals surface area contributed by atoms with E-state index in [-0.39, 0.29) is 11.9 Å². The summed E-state index contributed by atoms with van der Waals surface area (Å²) in [6.45, 7) is 2.35. The van der Waals surface area contributed by atoms with Gasteiger partial charge in [0, 0.05) is 0 Å². The second-order valence-electron chi connectivity index (χ2n) is 2.88. The second-order valence-corrected chi connectivity index (χ2v) is 2.88. The molecular weight excluding hydrogens is 140 g/mol. The molecule has 1 aliphatic rings. The number of rotatable bonds is 2. The van der Waals surface area contributed by atoms with E-state index in [1.165, 1.54) is 12.8 Å². The van der Waals surface area contributed by atoms with E-state index in [1.54, 1.807) is 0 Å². The Balaban J connectivity index is 2.27. The average Bonchev–Trinajstić information content (AvgIpc) is 2.07. The van der Waals surface area contributed by atoms with Crippen molar-refractivity contribution in [3.8, 4) is 0 Å². The van der Waals surface area contributed by atoms with Crippen molar-refractivity contribution in [3.05, 3.63) is 6.42 Å². The fourth-order valence-electron chi connectivity index (χ4n) is 1.41. The van der Waals surface area contributed by atoms with Gasteiger partial charge in [0.1, 0.15) is 0 Å². The fourth-order valence-corrected chi connectivity index (χ4v) is 1.41. The van der Waals surface area contributed by atoms with Gasteiger partial charge in [0.15, 0.2) is 0 Å². The molecular formula is C9H15O2. The molecule has 0 aromatic rings. The standard InChI is InChI=1S/C9H15O2/c1-2-11-9(10)8-6-4-3-5-7-8/h6,8H,2-5,7H2,1H3/t8-/m1/s1.